The molecule has 5 nitrogen and oxygen atoms in total. The fraction of sp³-hybridized carbons (Fsp3) is 0.500. The fourth-order valence-electron chi connectivity index (χ4n) is 1.39. The second-order valence-electron chi connectivity index (χ2n) is 3.78. The van der Waals surface area contributed by atoms with Gasteiger partial charge in [0, 0.05) is 32.7 Å². The lowest BCUT2D eigenvalue weighted by Crippen LogP contribution is -2.41. The van der Waals surface area contributed by atoms with Crippen LogP contribution in [0.4, 0.5) is 0 Å². The molecule has 0 spiro atoms. The third kappa shape index (κ3) is 5.42. The maximum Gasteiger partial charge on any atom is 0.237 e. The van der Waals surface area contributed by atoms with E-state index in [-0.39, 0.29) is 5.91 Å². The van der Waals surface area contributed by atoms with Crippen molar-refractivity contribution in [3.05, 3.63) is 30.1 Å². The lowest BCUT2D eigenvalue weighted by molar-refractivity contribution is -0.122. The van der Waals surface area contributed by atoms with E-state index in [0.717, 1.165) is 12.0 Å². The van der Waals surface area contributed by atoms with Gasteiger partial charge in [-0.15, -0.1) is 0 Å². The van der Waals surface area contributed by atoms with Crippen LogP contribution in [0.3, 0.4) is 0 Å². The summed E-state index contributed by atoms with van der Waals surface area (Å²) in [6.45, 7) is 1.09. The van der Waals surface area contributed by atoms with Gasteiger partial charge in [0.05, 0.1) is 6.04 Å². The van der Waals surface area contributed by atoms with Crippen LogP contribution in [-0.4, -0.2) is 37.2 Å². The summed E-state index contributed by atoms with van der Waals surface area (Å²) in [6, 6.07) is 3.36. The minimum absolute atomic E-state index is 0.129. The normalized spacial score (nSPS) is 12.1. The second-order valence-corrected chi connectivity index (χ2v) is 3.78. The van der Waals surface area contributed by atoms with Crippen LogP contribution in [0.1, 0.15) is 12.0 Å². The molecule has 1 atom stereocenters. The first kappa shape index (κ1) is 13.6. The quantitative estimate of drug-likeness (QED) is 0.705. The van der Waals surface area contributed by atoms with Gasteiger partial charge in [0.1, 0.15) is 0 Å². The highest BCUT2D eigenvalue weighted by Crippen LogP contribution is 1.96. The zero-order valence-corrected chi connectivity index (χ0v) is 10.1. The third-order valence-electron chi connectivity index (χ3n) is 2.43. The standard InChI is InChI=1S/C12H19N3O2/c1-17-9-5-11(13)12(16)15-8-4-10-2-6-14-7-3-10/h2-3,6-7,11H,4-5,8-9,13H2,1H3,(H,15,16). The van der Waals surface area contributed by atoms with Crippen LogP contribution < -0.4 is 11.1 Å². The maximum atomic E-state index is 11.5. The molecule has 17 heavy (non-hydrogen) atoms. The molecule has 0 aliphatic carbocycles. The van der Waals surface area contributed by atoms with Gasteiger partial charge in [-0.3, -0.25) is 9.78 Å². The summed E-state index contributed by atoms with van der Waals surface area (Å²) in [5, 5.41) is 2.80. The molecule has 94 valence electrons. The van der Waals surface area contributed by atoms with Gasteiger partial charge in [0.25, 0.3) is 0 Å². The number of aromatic nitrogens is 1. The summed E-state index contributed by atoms with van der Waals surface area (Å²) in [5.74, 6) is -0.129. The van der Waals surface area contributed by atoms with Crippen LogP contribution in [0.15, 0.2) is 24.5 Å². The Morgan fingerprint density at radius 2 is 2.24 bits per heavy atom. The Morgan fingerprint density at radius 3 is 2.88 bits per heavy atom. The molecule has 0 bridgehead atoms. The third-order valence-corrected chi connectivity index (χ3v) is 2.43. The highest BCUT2D eigenvalue weighted by molar-refractivity contribution is 5.81. The Hall–Kier alpha value is -1.46. The summed E-state index contributed by atoms with van der Waals surface area (Å²) in [5.41, 5.74) is 6.82. The number of ether oxygens (including phenoxy) is 1. The molecule has 3 N–H and O–H groups in total. The minimum atomic E-state index is -0.493. The number of rotatable bonds is 7. The van der Waals surface area contributed by atoms with Gasteiger partial charge >= 0.3 is 0 Å². The van der Waals surface area contributed by atoms with Gasteiger partial charge in [0.2, 0.25) is 5.91 Å². The highest BCUT2D eigenvalue weighted by atomic mass is 16.5. The molecular weight excluding hydrogens is 218 g/mol. The number of amides is 1. The summed E-state index contributed by atoms with van der Waals surface area (Å²) in [7, 11) is 1.59. The summed E-state index contributed by atoms with van der Waals surface area (Å²) in [6.07, 6.45) is 4.80. The molecule has 1 aromatic rings. The predicted molar refractivity (Wildman–Crippen MR) is 65.4 cm³/mol. The fourth-order valence-corrected chi connectivity index (χ4v) is 1.39. The van der Waals surface area contributed by atoms with E-state index in [2.05, 4.69) is 10.3 Å². The summed E-state index contributed by atoms with van der Waals surface area (Å²) in [4.78, 5) is 15.5. The van der Waals surface area contributed by atoms with Crippen molar-refractivity contribution in [1.82, 2.24) is 10.3 Å². The van der Waals surface area contributed by atoms with E-state index < -0.39 is 6.04 Å². The molecule has 5 heteroatoms. The molecule has 0 aromatic carbocycles. The van der Waals surface area contributed by atoms with Crippen LogP contribution in [0.2, 0.25) is 0 Å². The van der Waals surface area contributed by atoms with E-state index in [9.17, 15) is 4.79 Å². The van der Waals surface area contributed by atoms with E-state index >= 15 is 0 Å². The van der Waals surface area contributed by atoms with Crippen molar-refractivity contribution in [3.8, 4) is 0 Å². The van der Waals surface area contributed by atoms with Gasteiger partial charge in [-0.05, 0) is 30.5 Å². The Kier molecular flexibility index (Phi) is 6.21. The predicted octanol–water partition coefficient (Wildman–Crippen LogP) is 0.104. The zero-order chi connectivity index (χ0) is 12.5. The second kappa shape index (κ2) is 7.76. The van der Waals surface area contributed by atoms with Gasteiger partial charge < -0.3 is 15.8 Å². The number of hydrogen-bond acceptors (Lipinski definition) is 4. The lowest BCUT2D eigenvalue weighted by Gasteiger charge is -2.11. The van der Waals surface area contributed by atoms with Crippen molar-refractivity contribution in [3.63, 3.8) is 0 Å². The maximum absolute atomic E-state index is 11.5. The Balaban J connectivity index is 2.20. The largest absolute Gasteiger partial charge is 0.385 e. The number of nitrogens with one attached hydrogen (secondary N) is 1. The average molecular weight is 237 g/mol. The molecule has 0 aliphatic rings. The molecular formula is C12H19N3O2. The van der Waals surface area contributed by atoms with Crippen molar-refractivity contribution in [2.24, 2.45) is 5.73 Å². The number of nitrogens with zero attached hydrogens (tertiary/aromatic N) is 1. The van der Waals surface area contributed by atoms with Crippen LogP contribution in [0.25, 0.3) is 0 Å². The molecule has 0 fully saturated rings. The van der Waals surface area contributed by atoms with E-state index in [1.165, 1.54) is 0 Å². The average Bonchev–Trinajstić information content (AvgIpc) is 2.37. The van der Waals surface area contributed by atoms with E-state index in [1.807, 2.05) is 12.1 Å². The number of carbonyl (C=O) groups is 1. The molecule has 1 aromatic heterocycles. The monoisotopic (exact) mass is 237 g/mol. The van der Waals surface area contributed by atoms with E-state index in [4.69, 9.17) is 10.5 Å². The van der Waals surface area contributed by atoms with Gasteiger partial charge in [0.15, 0.2) is 0 Å². The molecule has 0 radical (unpaired) electrons. The topological polar surface area (TPSA) is 77.2 Å². The van der Waals surface area contributed by atoms with Crippen LogP contribution in [-0.2, 0) is 16.0 Å². The Morgan fingerprint density at radius 1 is 1.53 bits per heavy atom. The van der Waals surface area contributed by atoms with Crippen molar-refractivity contribution < 1.29 is 9.53 Å². The number of carbonyl (C=O) groups excluding carboxylic acids is 1. The number of nitrogens with two attached hydrogens (primary N) is 1. The van der Waals surface area contributed by atoms with Crippen LogP contribution >= 0.6 is 0 Å². The summed E-state index contributed by atoms with van der Waals surface area (Å²) < 4.78 is 4.87. The van der Waals surface area contributed by atoms with E-state index in [0.29, 0.717) is 19.6 Å². The van der Waals surface area contributed by atoms with Gasteiger partial charge in [-0.25, -0.2) is 0 Å². The molecule has 0 aliphatic heterocycles. The highest BCUT2D eigenvalue weighted by Gasteiger charge is 2.11. The van der Waals surface area contributed by atoms with Gasteiger partial charge in [-0.1, -0.05) is 0 Å². The van der Waals surface area contributed by atoms with Crippen molar-refractivity contribution in [2.45, 2.75) is 18.9 Å². The zero-order valence-electron chi connectivity index (χ0n) is 10.1. The molecule has 1 heterocycles. The molecule has 1 unspecified atom stereocenters. The van der Waals surface area contributed by atoms with Crippen LogP contribution in [0.5, 0.6) is 0 Å². The molecule has 0 saturated carbocycles. The molecule has 1 amide bonds. The Bertz CT molecular complexity index is 330. The first-order valence-electron chi connectivity index (χ1n) is 5.65. The SMILES string of the molecule is COCCC(N)C(=O)NCCc1ccncc1. The van der Waals surface area contributed by atoms with Crippen molar-refractivity contribution >= 4 is 5.91 Å². The first-order chi connectivity index (χ1) is 8.24. The lowest BCUT2D eigenvalue weighted by atomic mass is 10.2. The number of methoxy groups -OCH3 is 1. The molecule has 0 saturated heterocycles. The summed E-state index contributed by atoms with van der Waals surface area (Å²) >= 11 is 0. The van der Waals surface area contributed by atoms with Gasteiger partial charge in [-0.2, -0.15) is 0 Å². The van der Waals surface area contributed by atoms with Crippen LogP contribution in [0, 0.1) is 0 Å². The van der Waals surface area contributed by atoms with Crippen molar-refractivity contribution in [1.29, 1.82) is 0 Å². The number of hydrogen-bond donors (Lipinski definition) is 2. The van der Waals surface area contributed by atoms with Crippen molar-refractivity contribution in [2.75, 3.05) is 20.3 Å². The van der Waals surface area contributed by atoms with E-state index in [1.54, 1.807) is 19.5 Å². The smallest absolute Gasteiger partial charge is 0.237 e. The number of pyridine rings is 1. The minimum Gasteiger partial charge on any atom is -0.385 e. The first-order valence-corrected chi connectivity index (χ1v) is 5.65. The Labute approximate surface area is 101 Å². The molecule has 1 rings (SSSR count).